The van der Waals surface area contributed by atoms with Gasteiger partial charge in [0.25, 0.3) is 0 Å². The van der Waals surface area contributed by atoms with Crippen LogP contribution in [0.2, 0.25) is 0 Å². The van der Waals surface area contributed by atoms with Crippen LogP contribution in [0.3, 0.4) is 0 Å². The van der Waals surface area contributed by atoms with Crippen molar-refractivity contribution in [2.75, 3.05) is 0 Å². The van der Waals surface area contributed by atoms with E-state index in [4.69, 9.17) is 0 Å². The van der Waals surface area contributed by atoms with Crippen LogP contribution < -0.4 is 0 Å². The third-order valence-electron chi connectivity index (χ3n) is 1.84. The number of nitrogens with zero attached hydrogens (tertiary/aromatic N) is 2. The molecule has 0 unspecified atom stereocenters. The lowest BCUT2D eigenvalue weighted by molar-refractivity contribution is 0.619. The maximum atomic E-state index is 12.8. The second kappa shape index (κ2) is 4.08. The number of benzene rings is 1. The van der Waals surface area contributed by atoms with Crippen molar-refractivity contribution in [3.8, 4) is 0 Å². The summed E-state index contributed by atoms with van der Waals surface area (Å²) in [7, 11) is 0. The Morgan fingerprint density at radius 3 is 2.93 bits per heavy atom. The highest BCUT2D eigenvalue weighted by atomic mass is 127. The van der Waals surface area contributed by atoms with Crippen LogP contribution in [0.15, 0.2) is 36.7 Å². The molecular weight excluding hydrogens is 294 g/mol. The maximum Gasteiger partial charge on any atom is 0.123 e. The molecule has 2 rings (SSSR count). The van der Waals surface area contributed by atoms with E-state index in [1.165, 1.54) is 12.1 Å². The molecule has 0 amide bonds. The van der Waals surface area contributed by atoms with E-state index in [-0.39, 0.29) is 5.82 Å². The van der Waals surface area contributed by atoms with Crippen molar-refractivity contribution in [1.29, 1.82) is 0 Å². The van der Waals surface area contributed by atoms with Crippen LogP contribution in [0.4, 0.5) is 4.39 Å². The first kappa shape index (κ1) is 9.64. The summed E-state index contributed by atoms with van der Waals surface area (Å²) in [6, 6.07) is 6.56. The second-order valence-corrected chi connectivity index (χ2v) is 4.23. The average molecular weight is 302 g/mol. The third kappa shape index (κ3) is 2.31. The number of hydrogen-bond acceptors (Lipinski definition) is 1. The van der Waals surface area contributed by atoms with Gasteiger partial charge >= 0.3 is 0 Å². The summed E-state index contributed by atoms with van der Waals surface area (Å²) in [5, 5.41) is 4.13. The highest BCUT2D eigenvalue weighted by molar-refractivity contribution is 14.1. The molecule has 1 aromatic carbocycles. The molecule has 1 heterocycles. The van der Waals surface area contributed by atoms with Gasteiger partial charge in [-0.15, -0.1) is 0 Å². The minimum Gasteiger partial charge on any atom is -0.267 e. The highest BCUT2D eigenvalue weighted by Crippen LogP contribution is 2.07. The molecule has 0 N–H and O–H groups in total. The lowest BCUT2D eigenvalue weighted by Crippen LogP contribution is -1.99. The van der Waals surface area contributed by atoms with Gasteiger partial charge < -0.3 is 0 Å². The van der Waals surface area contributed by atoms with Crippen molar-refractivity contribution in [3.63, 3.8) is 0 Å². The summed E-state index contributed by atoms with van der Waals surface area (Å²) >= 11 is 2.19. The minimum absolute atomic E-state index is 0.204. The standard InChI is InChI=1S/C10H8FIN2/c11-9-3-1-2-8(4-9)6-14-7-10(12)5-13-14/h1-5,7H,6H2. The molecule has 0 aliphatic rings. The molecule has 0 aliphatic heterocycles. The van der Waals surface area contributed by atoms with Gasteiger partial charge in [-0.2, -0.15) is 5.10 Å². The fourth-order valence-corrected chi connectivity index (χ4v) is 1.69. The molecule has 0 saturated heterocycles. The van der Waals surface area contributed by atoms with Gasteiger partial charge in [0.05, 0.1) is 16.3 Å². The Morgan fingerprint density at radius 1 is 1.43 bits per heavy atom. The molecular formula is C10H8FIN2. The van der Waals surface area contributed by atoms with Gasteiger partial charge in [0.2, 0.25) is 0 Å². The lowest BCUT2D eigenvalue weighted by Gasteiger charge is -2.01. The monoisotopic (exact) mass is 302 g/mol. The van der Waals surface area contributed by atoms with E-state index < -0.39 is 0 Å². The summed E-state index contributed by atoms with van der Waals surface area (Å²) in [6.45, 7) is 0.612. The summed E-state index contributed by atoms with van der Waals surface area (Å²) in [4.78, 5) is 0. The fourth-order valence-electron chi connectivity index (χ4n) is 1.25. The van der Waals surface area contributed by atoms with Crippen LogP contribution in [0.5, 0.6) is 0 Å². The van der Waals surface area contributed by atoms with Crippen LogP contribution in [-0.2, 0) is 6.54 Å². The van der Waals surface area contributed by atoms with Gasteiger partial charge in [0.1, 0.15) is 5.82 Å². The molecule has 72 valence electrons. The summed E-state index contributed by atoms with van der Waals surface area (Å²) in [6.07, 6.45) is 3.70. The average Bonchev–Trinajstić information content (AvgIpc) is 2.51. The van der Waals surface area contributed by atoms with Crippen LogP contribution >= 0.6 is 22.6 Å². The van der Waals surface area contributed by atoms with Gasteiger partial charge in [-0.3, -0.25) is 4.68 Å². The molecule has 0 bridgehead atoms. The molecule has 1 aromatic heterocycles. The van der Waals surface area contributed by atoms with Gasteiger partial charge in [0, 0.05) is 6.20 Å². The molecule has 0 fully saturated rings. The molecule has 2 aromatic rings. The zero-order valence-corrected chi connectivity index (χ0v) is 9.48. The van der Waals surface area contributed by atoms with Crippen LogP contribution in [0.25, 0.3) is 0 Å². The second-order valence-electron chi connectivity index (χ2n) is 2.99. The molecule has 0 spiro atoms. The third-order valence-corrected chi connectivity index (χ3v) is 2.39. The molecule has 0 radical (unpaired) electrons. The predicted octanol–water partition coefficient (Wildman–Crippen LogP) is 2.68. The Labute approximate surface area is 94.9 Å². The van der Waals surface area contributed by atoms with Gasteiger partial charge in [0.15, 0.2) is 0 Å². The Morgan fingerprint density at radius 2 is 2.29 bits per heavy atom. The molecule has 2 nitrogen and oxygen atoms in total. The highest BCUT2D eigenvalue weighted by Gasteiger charge is 1.98. The molecule has 14 heavy (non-hydrogen) atoms. The van der Waals surface area contributed by atoms with Gasteiger partial charge in [-0.1, -0.05) is 12.1 Å². The predicted molar refractivity (Wildman–Crippen MR) is 60.4 cm³/mol. The first-order valence-electron chi connectivity index (χ1n) is 4.16. The first-order valence-corrected chi connectivity index (χ1v) is 5.24. The number of hydrogen-bond donors (Lipinski definition) is 0. The fraction of sp³-hybridized carbons (Fsp3) is 0.100. The number of aromatic nitrogens is 2. The van der Waals surface area contributed by atoms with Crippen LogP contribution in [-0.4, -0.2) is 9.78 Å². The first-order chi connectivity index (χ1) is 6.74. The van der Waals surface area contributed by atoms with Crippen molar-refractivity contribution >= 4 is 22.6 Å². The Kier molecular flexibility index (Phi) is 2.81. The largest absolute Gasteiger partial charge is 0.267 e. The van der Waals surface area contributed by atoms with E-state index in [0.717, 1.165) is 9.13 Å². The molecule has 4 heteroatoms. The lowest BCUT2D eigenvalue weighted by atomic mass is 10.2. The number of rotatable bonds is 2. The zero-order valence-electron chi connectivity index (χ0n) is 7.32. The van der Waals surface area contributed by atoms with Gasteiger partial charge in [-0.05, 0) is 40.3 Å². The van der Waals surface area contributed by atoms with Crippen LogP contribution in [0.1, 0.15) is 5.56 Å². The van der Waals surface area contributed by atoms with Crippen molar-refractivity contribution in [1.82, 2.24) is 9.78 Å². The maximum absolute atomic E-state index is 12.8. The Bertz CT molecular complexity index is 439. The van der Waals surface area contributed by atoms with Crippen molar-refractivity contribution < 1.29 is 4.39 Å². The van der Waals surface area contributed by atoms with Crippen molar-refractivity contribution in [2.24, 2.45) is 0 Å². The summed E-state index contributed by atoms with van der Waals surface area (Å²) in [5.41, 5.74) is 0.921. The smallest absolute Gasteiger partial charge is 0.123 e. The number of halogens is 2. The quantitative estimate of drug-likeness (QED) is 0.780. The molecule has 0 atom stereocenters. The zero-order chi connectivity index (χ0) is 9.97. The van der Waals surface area contributed by atoms with E-state index in [2.05, 4.69) is 27.7 Å². The van der Waals surface area contributed by atoms with E-state index in [0.29, 0.717) is 6.54 Å². The Balaban J connectivity index is 2.18. The van der Waals surface area contributed by atoms with Crippen molar-refractivity contribution in [3.05, 3.63) is 51.6 Å². The minimum atomic E-state index is -0.204. The topological polar surface area (TPSA) is 17.8 Å². The normalized spacial score (nSPS) is 10.4. The Hall–Kier alpha value is -0.910. The van der Waals surface area contributed by atoms with E-state index in [1.54, 1.807) is 16.9 Å². The van der Waals surface area contributed by atoms with Gasteiger partial charge in [-0.25, -0.2) is 4.39 Å². The van der Waals surface area contributed by atoms with E-state index in [1.807, 2.05) is 12.3 Å². The molecule has 0 saturated carbocycles. The summed E-state index contributed by atoms with van der Waals surface area (Å²) < 4.78 is 15.7. The van der Waals surface area contributed by atoms with E-state index in [9.17, 15) is 4.39 Å². The summed E-state index contributed by atoms with van der Waals surface area (Å²) in [5.74, 6) is -0.204. The van der Waals surface area contributed by atoms with E-state index >= 15 is 0 Å². The molecule has 0 aliphatic carbocycles. The van der Waals surface area contributed by atoms with Crippen molar-refractivity contribution in [2.45, 2.75) is 6.54 Å². The SMILES string of the molecule is Fc1cccc(Cn2cc(I)cn2)c1. The van der Waals surface area contributed by atoms with Crippen LogP contribution in [0, 0.1) is 9.39 Å².